The van der Waals surface area contributed by atoms with Crippen molar-refractivity contribution in [3.63, 3.8) is 0 Å². The van der Waals surface area contributed by atoms with E-state index in [0.717, 1.165) is 16.8 Å². The van der Waals surface area contributed by atoms with Gasteiger partial charge in [-0.2, -0.15) is 0 Å². The Morgan fingerprint density at radius 2 is 1.83 bits per heavy atom. The van der Waals surface area contributed by atoms with Crippen LogP contribution in [0.15, 0.2) is 53.7 Å². The van der Waals surface area contributed by atoms with Crippen LogP contribution < -0.4 is 4.90 Å². The third-order valence-corrected chi connectivity index (χ3v) is 5.83. The number of ketones is 1. The average Bonchev–Trinajstić information content (AvgIpc) is 2.70. The minimum absolute atomic E-state index is 0.0174. The Kier molecular flexibility index (Phi) is 4.96. The molecule has 1 atom stereocenters. The Labute approximate surface area is 172 Å². The van der Waals surface area contributed by atoms with Crippen LogP contribution in [-0.2, 0) is 9.59 Å². The van der Waals surface area contributed by atoms with Crippen molar-refractivity contribution in [1.82, 2.24) is 0 Å². The highest BCUT2D eigenvalue weighted by atomic mass is 35.5. The number of hydrogen-bond acceptors (Lipinski definition) is 4. The molecule has 1 heterocycles. The van der Waals surface area contributed by atoms with Gasteiger partial charge in [-0.25, -0.2) is 0 Å². The van der Waals surface area contributed by atoms with E-state index in [9.17, 15) is 19.7 Å². The summed E-state index contributed by atoms with van der Waals surface area (Å²) in [6.45, 7) is 1.91. The van der Waals surface area contributed by atoms with E-state index < -0.39 is 4.92 Å². The Morgan fingerprint density at radius 3 is 2.52 bits per heavy atom. The second-order valence-electron chi connectivity index (χ2n) is 7.40. The van der Waals surface area contributed by atoms with Crippen molar-refractivity contribution < 1.29 is 14.5 Å². The van der Waals surface area contributed by atoms with Crippen molar-refractivity contribution in [1.29, 1.82) is 0 Å². The minimum Gasteiger partial charge on any atom is -0.294 e. The molecule has 1 amide bonds. The quantitative estimate of drug-likeness (QED) is 0.521. The number of Topliss-reactive ketones (excluding diaryl/α,β-unsaturated/α-hetero) is 1. The molecule has 0 saturated heterocycles. The molecule has 2 aliphatic rings. The van der Waals surface area contributed by atoms with Gasteiger partial charge in [0, 0.05) is 47.2 Å². The first-order valence-electron chi connectivity index (χ1n) is 9.46. The molecule has 0 N–H and O–H groups in total. The van der Waals surface area contributed by atoms with Crippen molar-refractivity contribution in [2.24, 2.45) is 0 Å². The highest BCUT2D eigenvalue weighted by Crippen LogP contribution is 2.44. The van der Waals surface area contributed by atoms with Crippen LogP contribution in [0.25, 0.3) is 0 Å². The number of allylic oxidation sites excluding steroid dienone is 2. The van der Waals surface area contributed by atoms with E-state index in [1.165, 1.54) is 12.1 Å². The molecule has 6 nitrogen and oxygen atoms in total. The largest absolute Gasteiger partial charge is 0.294 e. The Bertz CT molecular complexity index is 1060. The van der Waals surface area contributed by atoms with Gasteiger partial charge in [0.05, 0.1) is 10.6 Å². The number of nitrogens with zero attached hydrogens (tertiary/aromatic N) is 2. The zero-order valence-corrected chi connectivity index (χ0v) is 16.6. The lowest BCUT2D eigenvalue weighted by atomic mass is 9.77. The third kappa shape index (κ3) is 3.44. The number of amides is 1. The summed E-state index contributed by atoms with van der Waals surface area (Å²) >= 11 is 6.18. The van der Waals surface area contributed by atoms with Crippen molar-refractivity contribution in [3.05, 3.63) is 80.0 Å². The molecule has 2 aromatic carbocycles. The van der Waals surface area contributed by atoms with E-state index in [1.807, 2.05) is 13.0 Å². The Balaban J connectivity index is 1.84. The molecule has 0 bridgehead atoms. The molecule has 1 aliphatic carbocycles. The number of hydrogen-bond donors (Lipinski definition) is 0. The number of nitro benzene ring substituents is 1. The highest BCUT2D eigenvalue weighted by molar-refractivity contribution is 6.31. The molecule has 4 rings (SSSR count). The minimum atomic E-state index is -0.462. The van der Waals surface area contributed by atoms with E-state index in [-0.39, 0.29) is 29.7 Å². The van der Waals surface area contributed by atoms with Gasteiger partial charge in [0.25, 0.3) is 5.69 Å². The van der Waals surface area contributed by atoms with Crippen LogP contribution in [0.4, 0.5) is 11.4 Å². The van der Waals surface area contributed by atoms with E-state index in [2.05, 4.69) is 0 Å². The zero-order chi connectivity index (χ0) is 20.7. The second-order valence-corrected chi connectivity index (χ2v) is 7.84. The summed E-state index contributed by atoms with van der Waals surface area (Å²) in [5.41, 5.74) is 3.70. The van der Waals surface area contributed by atoms with Crippen molar-refractivity contribution >= 4 is 34.7 Å². The predicted molar refractivity (Wildman–Crippen MR) is 110 cm³/mol. The van der Waals surface area contributed by atoms with E-state index in [4.69, 9.17) is 11.6 Å². The van der Waals surface area contributed by atoms with Gasteiger partial charge in [-0.05, 0) is 43.0 Å². The molecule has 0 aromatic heterocycles. The van der Waals surface area contributed by atoms with E-state index in [1.54, 1.807) is 29.2 Å². The van der Waals surface area contributed by atoms with Gasteiger partial charge in [-0.15, -0.1) is 0 Å². The van der Waals surface area contributed by atoms with Crippen molar-refractivity contribution in [3.8, 4) is 0 Å². The summed E-state index contributed by atoms with van der Waals surface area (Å²) in [6, 6.07) is 11.5. The molecular weight excluding hydrogens is 392 g/mol. The van der Waals surface area contributed by atoms with Crippen molar-refractivity contribution in [2.75, 3.05) is 4.90 Å². The molecule has 0 spiro atoms. The lowest BCUT2D eigenvalue weighted by Gasteiger charge is -2.39. The van der Waals surface area contributed by atoms with Crippen molar-refractivity contribution in [2.45, 2.75) is 38.5 Å². The molecule has 1 unspecified atom stereocenters. The number of carbonyl (C=O) groups excluding carboxylic acids is 2. The fourth-order valence-corrected chi connectivity index (χ4v) is 4.38. The maximum Gasteiger partial charge on any atom is 0.269 e. The molecule has 29 heavy (non-hydrogen) atoms. The number of non-ortho nitro benzene ring substituents is 1. The van der Waals surface area contributed by atoms with E-state index in [0.29, 0.717) is 35.5 Å². The third-order valence-electron chi connectivity index (χ3n) is 5.59. The number of rotatable bonds is 3. The fraction of sp³-hybridized carbons (Fsp3) is 0.273. The molecule has 2 aromatic rings. The van der Waals surface area contributed by atoms with Crippen LogP contribution in [0.1, 0.15) is 42.7 Å². The molecule has 0 saturated carbocycles. The van der Waals surface area contributed by atoms with Crippen LogP contribution >= 0.6 is 11.6 Å². The van der Waals surface area contributed by atoms with Gasteiger partial charge in [0.2, 0.25) is 5.91 Å². The lowest BCUT2D eigenvalue weighted by Crippen LogP contribution is -2.40. The number of benzene rings is 2. The molecular formula is C22H19ClN2O4. The number of anilines is 1. The number of aryl methyl sites for hydroxylation is 1. The van der Waals surface area contributed by atoms with Gasteiger partial charge >= 0.3 is 0 Å². The molecule has 1 aliphatic heterocycles. The van der Waals surface area contributed by atoms with Crippen LogP contribution in [0.2, 0.25) is 5.02 Å². The maximum absolute atomic E-state index is 13.2. The second kappa shape index (κ2) is 7.44. The van der Waals surface area contributed by atoms with Crippen LogP contribution in [0, 0.1) is 17.0 Å². The van der Waals surface area contributed by atoms with Gasteiger partial charge in [0.15, 0.2) is 5.78 Å². The first-order chi connectivity index (χ1) is 13.9. The van der Waals surface area contributed by atoms with Crippen LogP contribution in [0.3, 0.4) is 0 Å². The first kappa shape index (κ1) is 19.3. The molecule has 0 radical (unpaired) electrons. The topological polar surface area (TPSA) is 80.5 Å². The summed E-state index contributed by atoms with van der Waals surface area (Å²) < 4.78 is 0. The summed E-state index contributed by atoms with van der Waals surface area (Å²) in [5.74, 6) is -0.458. The molecule has 7 heteroatoms. The van der Waals surface area contributed by atoms with Gasteiger partial charge in [0.1, 0.15) is 0 Å². The Morgan fingerprint density at radius 1 is 1.10 bits per heavy atom. The molecule has 0 fully saturated rings. The number of halogens is 1. The standard InChI is InChI=1S/C22H19ClN2O4/c1-13-5-8-15(23)11-19(13)24-18-3-2-4-20(26)22(18)17(12-21(24)27)14-6-9-16(10-7-14)25(28)29/h5-11,17H,2-4,12H2,1H3. The molecule has 148 valence electrons. The summed E-state index contributed by atoms with van der Waals surface area (Å²) in [5, 5.41) is 11.5. The SMILES string of the molecule is Cc1ccc(Cl)cc1N1C(=O)CC(c2ccc([N+](=O)[O-])cc2)C2=C1CCCC2=O. The van der Waals surface area contributed by atoms with Gasteiger partial charge in [-0.3, -0.25) is 24.6 Å². The number of nitro groups is 1. The lowest BCUT2D eigenvalue weighted by molar-refractivity contribution is -0.384. The van der Waals surface area contributed by atoms with Gasteiger partial charge < -0.3 is 0 Å². The van der Waals surface area contributed by atoms with E-state index >= 15 is 0 Å². The summed E-state index contributed by atoms with van der Waals surface area (Å²) in [6.07, 6.45) is 1.89. The smallest absolute Gasteiger partial charge is 0.269 e. The predicted octanol–water partition coefficient (Wildman–Crippen LogP) is 5.08. The van der Waals surface area contributed by atoms with Gasteiger partial charge in [-0.1, -0.05) is 29.8 Å². The number of carbonyl (C=O) groups is 2. The Hall–Kier alpha value is -2.99. The normalized spacial score (nSPS) is 19.4. The summed E-state index contributed by atoms with van der Waals surface area (Å²) in [7, 11) is 0. The first-order valence-corrected chi connectivity index (χ1v) is 9.84. The van der Waals surface area contributed by atoms with Crippen LogP contribution in [-0.4, -0.2) is 16.6 Å². The highest BCUT2D eigenvalue weighted by Gasteiger charge is 2.40. The average molecular weight is 411 g/mol. The fourth-order valence-electron chi connectivity index (χ4n) is 4.21. The van der Waals surface area contributed by atoms with Crippen LogP contribution in [0.5, 0.6) is 0 Å². The maximum atomic E-state index is 13.2. The summed E-state index contributed by atoms with van der Waals surface area (Å²) in [4.78, 5) is 38.2. The zero-order valence-electron chi connectivity index (χ0n) is 15.9. The monoisotopic (exact) mass is 410 g/mol.